The van der Waals surface area contributed by atoms with E-state index in [1.807, 2.05) is 0 Å². The Balaban J connectivity index is 4.31. The molecule has 0 unspecified atom stereocenters. The van der Waals surface area contributed by atoms with Gasteiger partial charge in [0.15, 0.2) is 6.10 Å². The Morgan fingerprint density at radius 2 is 0.540 bits per heavy atom. The van der Waals surface area contributed by atoms with Crippen LogP contribution in [0.1, 0.15) is 245 Å². The van der Waals surface area contributed by atoms with E-state index in [0.717, 1.165) is 57.8 Å². The van der Waals surface area contributed by atoms with Crippen LogP contribution in [0.4, 0.5) is 0 Å². The summed E-state index contributed by atoms with van der Waals surface area (Å²) in [5, 5.41) is 0. The molecule has 0 bridgehead atoms. The third kappa shape index (κ3) is 37.7. The van der Waals surface area contributed by atoms with Gasteiger partial charge in [0, 0.05) is 19.3 Å². The maximum absolute atomic E-state index is 12.7. The second-order valence-electron chi connectivity index (χ2n) is 15.0. The topological polar surface area (TPSA) is 78.9 Å². The number of unbranched alkanes of at least 4 members (excludes halogenated alkanes) is 29. The molecule has 0 aliphatic rings. The highest BCUT2D eigenvalue weighted by Crippen LogP contribution is 2.15. The molecule has 0 N–H and O–H groups in total. The van der Waals surface area contributed by atoms with E-state index in [-0.39, 0.29) is 31.1 Å². The molecule has 296 valence electrons. The van der Waals surface area contributed by atoms with Gasteiger partial charge in [-0.2, -0.15) is 0 Å². The Morgan fingerprint density at radius 1 is 0.320 bits per heavy atom. The number of rotatable bonds is 40. The number of hydrogen-bond acceptors (Lipinski definition) is 6. The minimum atomic E-state index is -0.756. The molecule has 0 radical (unpaired) electrons. The van der Waals surface area contributed by atoms with Crippen LogP contribution in [-0.4, -0.2) is 37.2 Å². The molecule has 6 heteroatoms. The summed E-state index contributed by atoms with van der Waals surface area (Å²) in [6, 6.07) is 0. The van der Waals surface area contributed by atoms with E-state index >= 15 is 0 Å². The van der Waals surface area contributed by atoms with Crippen molar-refractivity contribution in [1.82, 2.24) is 0 Å². The highest BCUT2D eigenvalue weighted by atomic mass is 16.6. The molecule has 0 rings (SSSR count). The van der Waals surface area contributed by atoms with Crippen molar-refractivity contribution in [3.8, 4) is 0 Å². The van der Waals surface area contributed by atoms with Crippen LogP contribution in [-0.2, 0) is 28.6 Å². The minimum Gasteiger partial charge on any atom is -0.462 e. The van der Waals surface area contributed by atoms with Gasteiger partial charge in [0.05, 0.1) is 0 Å². The van der Waals surface area contributed by atoms with Crippen molar-refractivity contribution >= 4 is 17.9 Å². The van der Waals surface area contributed by atoms with Crippen molar-refractivity contribution in [2.75, 3.05) is 13.2 Å². The average molecular weight is 709 g/mol. The zero-order chi connectivity index (χ0) is 36.6. The van der Waals surface area contributed by atoms with E-state index in [2.05, 4.69) is 20.8 Å². The van der Waals surface area contributed by atoms with Crippen molar-refractivity contribution in [2.45, 2.75) is 252 Å². The van der Waals surface area contributed by atoms with Gasteiger partial charge in [-0.3, -0.25) is 14.4 Å². The first kappa shape index (κ1) is 48.4. The summed E-state index contributed by atoms with van der Waals surface area (Å²) < 4.78 is 16.7. The first-order valence-electron chi connectivity index (χ1n) is 22.0. The van der Waals surface area contributed by atoms with E-state index in [1.165, 1.54) is 148 Å². The molecular formula is C44H84O6. The largest absolute Gasteiger partial charge is 0.462 e. The lowest BCUT2D eigenvalue weighted by Gasteiger charge is -2.18. The Bertz CT molecular complexity index is 738. The van der Waals surface area contributed by atoms with Crippen LogP contribution in [0, 0.1) is 0 Å². The summed E-state index contributed by atoms with van der Waals surface area (Å²) in [5.41, 5.74) is 0. The quantitative estimate of drug-likeness (QED) is 0.0358. The van der Waals surface area contributed by atoms with Gasteiger partial charge in [-0.25, -0.2) is 0 Å². The third-order valence-corrected chi connectivity index (χ3v) is 9.86. The number of hydrogen-bond donors (Lipinski definition) is 0. The fourth-order valence-electron chi connectivity index (χ4n) is 6.50. The highest BCUT2D eigenvalue weighted by Gasteiger charge is 2.19. The fraction of sp³-hybridized carbons (Fsp3) is 0.932. The summed E-state index contributed by atoms with van der Waals surface area (Å²) >= 11 is 0. The van der Waals surface area contributed by atoms with Crippen LogP contribution < -0.4 is 0 Å². The smallest absolute Gasteiger partial charge is 0.306 e. The van der Waals surface area contributed by atoms with Crippen molar-refractivity contribution in [2.24, 2.45) is 0 Å². The molecule has 0 heterocycles. The Morgan fingerprint density at radius 3 is 0.800 bits per heavy atom. The number of esters is 3. The van der Waals surface area contributed by atoms with Gasteiger partial charge in [0.25, 0.3) is 0 Å². The van der Waals surface area contributed by atoms with Gasteiger partial charge >= 0.3 is 17.9 Å². The lowest BCUT2D eigenvalue weighted by molar-refractivity contribution is -0.167. The Kier molecular flexibility index (Phi) is 38.9. The molecule has 0 aromatic rings. The molecule has 0 aromatic heterocycles. The van der Waals surface area contributed by atoms with Crippen molar-refractivity contribution in [3.05, 3.63) is 0 Å². The van der Waals surface area contributed by atoms with E-state index in [1.54, 1.807) is 0 Å². The van der Waals surface area contributed by atoms with Crippen LogP contribution >= 0.6 is 0 Å². The monoisotopic (exact) mass is 709 g/mol. The first-order valence-corrected chi connectivity index (χ1v) is 22.0. The molecule has 0 aliphatic carbocycles. The summed E-state index contributed by atoms with van der Waals surface area (Å²) in [4.78, 5) is 37.5. The van der Waals surface area contributed by atoms with E-state index in [4.69, 9.17) is 14.2 Å². The molecule has 0 saturated carbocycles. The van der Waals surface area contributed by atoms with Crippen LogP contribution in [0.25, 0.3) is 0 Å². The van der Waals surface area contributed by atoms with E-state index in [0.29, 0.717) is 19.3 Å². The van der Waals surface area contributed by atoms with Crippen molar-refractivity contribution < 1.29 is 28.6 Å². The third-order valence-electron chi connectivity index (χ3n) is 9.86. The fourth-order valence-corrected chi connectivity index (χ4v) is 6.50. The average Bonchev–Trinajstić information content (AvgIpc) is 3.11. The molecule has 0 aliphatic heterocycles. The molecule has 1 atom stereocenters. The molecule has 0 saturated heterocycles. The molecule has 6 nitrogen and oxygen atoms in total. The van der Waals surface area contributed by atoms with Crippen LogP contribution in [0.3, 0.4) is 0 Å². The molecule has 0 fully saturated rings. The molecule has 0 aromatic carbocycles. The minimum absolute atomic E-state index is 0.0632. The van der Waals surface area contributed by atoms with Crippen LogP contribution in [0.15, 0.2) is 0 Å². The Labute approximate surface area is 310 Å². The van der Waals surface area contributed by atoms with Gasteiger partial charge < -0.3 is 14.2 Å². The van der Waals surface area contributed by atoms with Crippen molar-refractivity contribution in [3.63, 3.8) is 0 Å². The second kappa shape index (κ2) is 40.2. The zero-order valence-electron chi connectivity index (χ0n) is 33.7. The highest BCUT2D eigenvalue weighted by molar-refractivity contribution is 5.71. The standard InChI is InChI=1S/C44H84O6/c1-4-7-10-13-16-19-21-22-23-26-29-32-35-38-44(47)50-41(39-48-42(45)36-33-30-27-24-18-15-12-9-6-3)40-49-43(46)37-34-31-28-25-20-17-14-11-8-5-2/h41H,4-40H2,1-3H3/t41-/m1/s1. The van der Waals surface area contributed by atoms with E-state index in [9.17, 15) is 14.4 Å². The van der Waals surface area contributed by atoms with Gasteiger partial charge in [0.1, 0.15) is 13.2 Å². The predicted molar refractivity (Wildman–Crippen MR) is 210 cm³/mol. The molecule has 0 amide bonds. The van der Waals surface area contributed by atoms with Gasteiger partial charge in [0.2, 0.25) is 0 Å². The maximum atomic E-state index is 12.7. The lowest BCUT2D eigenvalue weighted by atomic mass is 10.0. The normalized spacial score (nSPS) is 11.8. The molecular weight excluding hydrogens is 624 g/mol. The molecule has 50 heavy (non-hydrogen) atoms. The summed E-state index contributed by atoms with van der Waals surface area (Å²) in [6.45, 7) is 6.61. The van der Waals surface area contributed by atoms with Crippen molar-refractivity contribution in [1.29, 1.82) is 0 Å². The first-order chi connectivity index (χ1) is 24.5. The number of ether oxygens (including phenoxy) is 3. The van der Waals surface area contributed by atoms with E-state index < -0.39 is 6.10 Å². The SMILES string of the molecule is CCCCCCCCCCCCCCCC(=O)O[C@H](COC(=O)CCCCCCCCCCC)COC(=O)CCCCCCCCCCCC. The summed E-state index contributed by atoms with van der Waals surface area (Å²) in [6.07, 6.45) is 39.4. The summed E-state index contributed by atoms with van der Waals surface area (Å²) in [7, 11) is 0. The zero-order valence-corrected chi connectivity index (χ0v) is 33.7. The van der Waals surface area contributed by atoms with Crippen LogP contribution in [0.2, 0.25) is 0 Å². The predicted octanol–water partition coefficient (Wildman–Crippen LogP) is 13.7. The summed E-state index contributed by atoms with van der Waals surface area (Å²) in [5.74, 6) is -0.857. The Hall–Kier alpha value is -1.59. The maximum Gasteiger partial charge on any atom is 0.306 e. The number of carbonyl (C=O) groups is 3. The van der Waals surface area contributed by atoms with Gasteiger partial charge in [-0.1, -0.05) is 207 Å². The van der Waals surface area contributed by atoms with Gasteiger partial charge in [-0.05, 0) is 19.3 Å². The van der Waals surface area contributed by atoms with Gasteiger partial charge in [-0.15, -0.1) is 0 Å². The second-order valence-corrected chi connectivity index (χ2v) is 15.0. The van der Waals surface area contributed by atoms with Crippen LogP contribution in [0.5, 0.6) is 0 Å². The number of carbonyl (C=O) groups excluding carboxylic acids is 3. The molecule has 0 spiro atoms. The lowest BCUT2D eigenvalue weighted by Crippen LogP contribution is -2.30.